The van der Waals surface area contributed by atoms with Crippen molar-refractivity contribution in [1.82, 2.24) is 0 Å². The topological polar surface area (TPSA) is 55.8 Å². The van der Waals surface area contributed by atoms with Gasteiger partial charge in [-0.2, -0.15) is 0 Å². The van der Waals surface area contributed by atoms with Crippen molar-refractivity contribution in [3.05, 3.63) is 52.5 Å². The Labute approximate surface area is 118 Å². The molecule has 5 heteroatoms. The lowest BCUT2D eigenvalue weighted by atomic mass is 10.2. The van der Waals surface area contributed by atoms with E-state index in [2.05, 4.69) is 15.9 Å². The van der Waals surface area contributed by atoms with Gasteiger partial charge in [-0.05, 0) is 30.3 Å². The Morgan fingerprint density at radius 3 is 2.53 bits per heavy atom. The molecule has 4 nitrogen and oxygen atoms in total. The van der Waals surface area contributed by atoms with Gasteiger partial charge in [0.1, 0.15) is 17.2 Å². The predicted molar refractivity (Wildman–Crippen MR) is 74.2 cm³/mol. The third-order valence-electron chi connectivity index (χ3n) is 2.40. The Bertz CT molecular complexity index is 610. The molecule has 0 bridgehead atoms. The number of hydrogen-bond acceptors (Lipinski definition) is 3. The molecule has 0 heterocycles. The number of benzene rings is 2. The summed E-state index contributed by atoms with van der Waals surface area (Å²) in [6.45, 7) is 0. The van der Waals surface area contributed by atoms with Crippen LogP contribution >= 0.6 is 15.9 Å². The lowest BCUT2D eigenvalue weighted by Gasteiger charge is -2.08. The minimum absolute atomic E-state index is 0.160. The largest absolute Gasteiger partial charge is 0.497 e. The van der Waals surface area contributed by atoms with E-state index in [4.69, 9.17) is 14.6 Å². The van der Waals surface area contributed by atoms with Gasteiger partial charge in [-0.15, -0.1) is 0 Å². The quantitative estimate of drug-likeness (QED) is 0.926. The van der Waals surface area contributed by atoms with E-state index >= 15 is 0 Å². The van der Waals surface area contributed by atoms with Crippen molar-refractivity contribution in [2.24, 2.45) is 0 Å². The van der Waals surface area contributed by atoms with Gasteiger partial charge >= 0.3 is 5.97 Å². The predicted octanol–water partition coefficient (Wildman–Crippen LogP) is 3.95. The number of carbonyl (C=O) groups is 1. The zero-order valence-electron chi connectivity index (χ0n) is 10.1. The van der Waals surface area contributed by atoms with Gasteiger partial charge in [0.2, 0.25) is 0 Å². The van der Waals surface area contributed by atoms with Crippen LogP contribution in [0.15, 0.2) is 46.9 Å². The maximum absolute atomic E-state index is 11.0. The lowest BCUT2D eigenvalue weighted by molar-refractivity contribution is 0.0696. The molecule has 0 unspecified atom stereocenters. The van der Waals surface area contributed by atoms with Gasteiger partial charge in [-0.3, -0.25) is 0 Å². The van der Waals surface area contributed by atoms with Crippen LogP contribution in [-0.4, -0.2) is 18.2 Å². The number of halogens is 1. The standard InChI is InChI=1S/C14H11BrO4/c1-18-11-3-2-4-12(8-11)19-13-6-9(14(16)17)5-10(15)7-13/h2-8H,1H3,(H,16,17). The third-order valence-corrected chi connectivity index (χ3v) is 2.85. The van der Waals surface area contributed by atoms with Gasteiger partial charge in [-0.25, -0.2) is 4.79 Å². The molecule has 0 saturated carbocycles. The highest BCUT2D eigenvalue weighted by Crippen LogP contribution is 2.28. The summed E-state index contributed by atoms with van der Waals surface area (Å²) >= 11 is 3.25. The van der Waals surface area contributed by atoms with E-state index in [0.29, 0.717) is 21.7 Å². The molecule has 0 atom stereocenters. The van der Waals surface area contributed by atoms with Crippen LogP contribution in [0, 0.1) is 0 Å². The average Bonchev–Trinajstić information content (AvgIpc) is 2.38. The number of ether oxygens (including phenoxy) is 2. The molecule has 2 rings (SSSR count). The molecule has 0 radical (unpaired) electrons. The maximum Gasteiger partial charge on any atom is 0.335 e. The van der Waals surface area contributed by atoms with Crippen molar-refractivity contribution < 1.29 is 19.4 Å². The van der Waals surface area contributed by atoms with Gasteiger partial charge in [0.15, 0.2) is 0 Å². The Kier molecular flexibility index (Phi) is 4.06. The first-order chi connectivity index (χ1) is 9.08. The van der Waals surface area contributed by atoms with Crippen LogP contribution in [0.5, 0.6) is 17.2 Å². The van der Waals surface area contributed by atoms with Crippen LogP contribution in [0.25, 0.3) is 0 Å². The molecule has 98 valence electrons. The molecule has 0 saturated heterocycles. The molecule has 0 aliphatic rings. The number of carboxylic acid groups (broad SMARTS) is 1. The number of methoxy groups -OCH3 is 1. The summed E-state index contributed by atoms with van der Waals surface area (Å²) in [5.41, 5.74) is 0.160. The second-order valence-electron chi connectivity index (χ2n) is 3.76. The van der Waals surface area contributed by atoms with Crippen LogP contribution in [-0.2, 0) is 0 Å². The van der Waals surface area contributed by atoms with Crippen LogP contribution < -0.4 is 9.47 Å². The Morgan fingerprint density at radius 2 is 1.84 bits per heavy atom. The summed E-state index contributed by atoms with van der Waals surface area (Å²) in [5, 5.41) is 8.99. The Morgan fingerprint density at radius 1 is 1.11 bits per heavy atom. The normalized spacial score (nSPS) is 10.0. The van der Waals surface area contributed by atoms with Crippen molar-refractivity contribution in [1.29, 1.82) is 0 Å². The van der Waals surface area contributed by atoms with Gasteiger partial charge in [0, 0.05) is 10.5 Å². The molecule has 0 aromatic heterocycles. The molecule has 0 aliphatic heterocycles. The van der Waals surface area contributed by atoms with Crippen molar-refractivity contribution in [2.75, 3.05) is 7.11 Å². The van der Waals surface area contributed by atoms with Crippen LogP contribution in [0.4, 0.5) is 0 Å². The van der Waals surface area contributed by atoms with E-state index in [1.54, 1.807) is 37.4 Å². The fourth-order valence-electron chi connectivity index (χ4n) is 1.55. The zero-order valence-corrected chi connectivity index (χ0v) is 11.7. The fourth-order valence-corrected chi connectivity index (χ4v) is 2.02. The highest BCUT2D eigenvalue weighted by Gasteiger charge is 2.08. The molecular formula is C14H11BrO4. The van der Waals surface area contributed by atoms with Crippen molar-refractivity contribution in [3.63, 3.8) is 0 Å². The summed E-state index contributed by atoms with van der Waals surface area (Å²) in [6.07, 6.45) is 0. The van der Waals surface area contributed by atoms with E-state index in [0.717, 1.165) is 0 Å². The van der Waals surface area contributed by atoms with E-state index < -0.39 is 5.97 Å². The minimum Gasteiger partial charge on any atom is -0.497 e. The monoisotopic (exact) mass is 322 g/mol. The molecule has 0 fully saturated rings. The highest BCUT2D eigenvalue weighted by atomic mass is 79.9. The smallest absolute Gasteiger partial charge is 0.335 e. The molecule has 1 N–H and O–H groups in total. The van der Waals surface area contributed by atoms with Gasteiger partial charge in [0.05, 0.1) is 12.7 Å². The molecule has 0 aliphatic carbocycles. The molecule has 0 spiro atoms. The van der Waals surface area contributed by atoms with E-state index in [9.17, 15) is 4.79 Å². The van der Waals surface area contributed by atoms with Crippen molar-refractivity contribution in [3.8, 4) is 17.2 Å². The van der Waals surface area contributed by atoms with Gasteiger partial charge in [0.25, 0.3) is 0 Å². The first kappa shape index (κ1) is 13.4. The molecule has 2 aromatic carbocycles. The van der Waals surface area contributed by atoms with Crippen LogP contribution in [0.3, 0.4) is 0 Å². The highest BCUT2D eigenvalue weighted by molar-refractivity contribution is 9.10. The summed E-state index contributed by atoms with van der Waals surface area (Å²) in [4.78, 5) is 11.0. The summed E-state index contributed by atoms with van der Waals surface area (Å²) in [7, 11) is 1.57. The second-order valence-corrected chi connectivity index (χ2v) is 4.68. The number of rotatable bonds is 4. The summed E-state index contributed by atoms with van der Waals surface area (Å²) in [5.74, 6) is 0.691. The summed E-state index contributed by atoms with van der Waals surface area (Å²) < 4.78 is 11.4. The van der Waals surface area contributed by atoms with E-state index in [-0.39, 0.29) is 5.56 Å². The first-order valence-electron chi connectivity index (χ1n) is 5.44. The average molecular weight is 323 g/mol. The molecular weight excluding hydrogens is 312 g/mol. The lowest BCUT2D eigenvalue weighted by Crippen LogP contribution is -1.97. The zero-order chi connectivity index (χ0) is 13.8. The number of carboxylic acids is 1. The molecule has 19 heavy (non-hydrogen) atoms. The van der Waals surface area contributed by atoms with Crippen molar-refractivity contribution in [2.45, 2.75) is 0 Å². The minimum atomic E-state index is -1.00. The Balaban J connectivity index is 2.29. The van der Waals surface area contributed by atoms with Gasteiger partial charge in [-0.1, -0.05) is 22.0 Å². The first-order valence-corrected chi connectivity index (χ1v) is 6.23. The van der Waals surface area contributed by atoms with E-state index in [1.165, 1.54) is 12.1 Å². The summed E-state index contributed by atoms with van der Waals surface area (Å²) in [6, 6.07) is 11.8. The van der Waals surface area contributed by atoms with Gasteiger partial charge < -0.3 is 14.6 Å². The number of aromatic carboxylic acids is 1. The number of hydrogen-bond donors (Lipinski definition) is 1. The van der Waals surface area contributed by atoms with Crippen LogP contribution in [0.1, 0.15) is 10.4 Å². The third kappa shape index (κ3) is 3.48. The van der Waals surface area contributed by atoms with E-state index in [1.807, 2.05) is 0 Å². The van der Waals surface area contributed by atoms with Crippen LogP contribution in [0.2, 0.25) is 0 Å². The SMILES string of the molecule is COc1cccc(Oc2cc(Br)cc(C(=O)O)c2)c1. The Hall–Kier alpha value is -2.01. The fraction of sp³-hybridized carbons (Fsp3) is 0.0714. The maximum atomic E-state index is 11.0. The molecule has 0 amide bonds. The molecule has 2 aromatic rings. The second kappa shape index (κ2) is 5.75. The van der Waals surface area contributed by atoms with Crippen molar-refractivity contribution >= 4 is 21.9 Å².